The maximum atomic E-state index is 12.4. The van der Waals surface area contributed by atoms with Crippen LogP contribution in [0.3, 0.4) is 0 Å². The van der Waals surface area contributed by atoms with Crippen LogP contribution < -0.4 is 10.7 Å². The Morgan fingerprint density at radius 1 is 1.20 bits per heavy atom. The van der Waals surface area contributed by atoms with Gasteiger partial charge >= 0.3 is 0 Å². The van der Waals surface area contributed by atoms with Crippen LogP contribution in [0.15, 0.2) is 69.6 Å². The number of benzene rings is 2. The van der Waals surface area contributed by atoms with Gasteiger partial charge in [0.2, 0.25) is 0 Å². The molecule has 3 aromatic rings. The highest BCUT2D eigenvalue weighted by Gasteiger charge is 2.12. The molecule has 0 aliphatic heterocycles. The lowest BCUT2D eigenvalue weighted by Gasteiger charge is -2.04. The largest absolute Gasteiger partial charge is 0.463 e. The van der Waals surface area contributed by atoms with Crippen LogP contribution in [0.5, 0.6) is 0 Å². The van der Waals surface area contributed by atoms with Gasteiger partial charge in [-0.1, -0.05) is 29.8 Å². The van der Waals surface area contributed by atoms with E-state index in [9.17, 15) is 14.9 Å². The number of nitrogens with one attached hydrogen (secondary N) is 1. The molecule has 3 rings (SSSR count). The molecule has 0 saturated carbocycles. The topological polar surface area (TPSA) is 83.1 Å². The second kappa shape index (κ2) is 7.04. The lowest BCUT2D eigenvalue weighted by Crippen LogP contribution is -2.14. The fourth-order valence-electron chi connectivity index (χ4n) is 2.26. The van der Waals surface area contributed by atoms with E-state index in [1.165, 1.54) is 12.3 Å². The van der Waals surface area contributed by atoms with E-state index in [1.807, 2.05) is 0 Å². The van der Waals surface area contributed by atoms with Crippen LogP contribution in [0, 0.1) is 11.3 Å². The fourth-order valence-corrected chi connectivity index (χ4v) is 2.45. The van der Waals surface area contributed by atoms with Crippen molar-refractivity contribution in [3.63, 3.8) is 0 Å². The molecule has 1 N–H and O–H groups in total. The molecule has 5 nitrogen and oxygen atoms in total. The third-order valence-corrected chi connectivity index (χ3v) is 3.69. The zero-order chi connectivity index (χ0) is 17.8. The minimum absolute atomic E-state index is 0.122. The lowest BCUT2D eigenvalue weighted by molar-refractivity contribution is -0.112. The van der Waals surface area contributed by atoms with Crippen molar-refractivity contribution in [1.82, 2.24) is 0 Å². The molecule has 1 aromatic heterocycles. The molecule has 2 aromatic carbocycles. The van der Waals surface area contributed by atoms with E-state index in [-0.39, 0.29) is 16.6 Å². The number of rotatable bonds is 3. The molecule has 25 heavy (non-hydrogen) atoms. The summed E-state index contributed by atoms with van der Waals surface area (Å²) in [7, 11) is 0. The van der Waals surface area contributed by atoms with Crippen molar-refractivity contribution in [1.29, 1.82) is 5.26 Å². The van der Waals surface area contributed by atoms with Crippen molar-refractivity contribution < 1.29 is 9.21 Å². The molecule has 0 fully saturated rings. The zero-order valence-corrected chi connectivity index (χ0v) is 13.6. The quantitative estimate of drug-likeness (QED) is 0.571. The summed E-state index contributed by atoms with van der Waals surface area (Å²) in [6.45, 7) is 0. The summed E-state index contributed by atoms with van der Waals surface area (Å²) in [6.07, 6.45) is 2.44. The van der Waals surface area contributed by atoms with Crippen LogP contribution in [0.4, 0.5) is 5.69 Å². The van der Waals surface area contributed by atoms with Gasteiger partial charge < -0.3 is 9.73 Å². The minimum atomic E-state index is -0.641. The van der Waals surface area contributed by atoms with Crippen molar-refractivity contribution in [2.45, 2.75) is 0 Å². The molecule has 122 valence electrons. The second-order valence-corrected chi connectivity index (χ2v) is 5.59. The summed E-state index contributed by atoms with van der Waals surface area (Å²) in [5.41, 5.74) is 0.472. The average Bonchev–Trinajstić information content (AvgIpc) is 2.61. The number of amides is 1. The molecule has 0 atom stereocenters. The lowest BCUT2D eigenvalue weighted by atomic mass is 10.1. The normalized spacial score (nSPS) is 11.1. The van der Waals surface area contributed by atoms with E-state index < -0.39 is 5.91 Å². The smallest absolute Gasteiger partial charge is 0.266 e. The molecule has 0 spiro atoms. The molecule has 0 radical (unpaired) electrons. The Morgan fingerprint density at radius 2 is 2.00 bits per heavy atom. The molecular weight excluding hydrogens is 340 g/mol. The molecular formula is C19H11ClN2O3. The van der Waals surface area contributed by atoms with Gasteiger partial charge in [0.15, 0.2) is 5.43 Å². The Hall–Kier alpha value is -3.36. The van der Waals surface area contributed by atoms with Crippen molar-refractivity contribution in [2.75, 3.05) is 5.32 Å². The third kappa shape index (κ3) is 3.60. The van der Waals surface area contributed by atoms with Gasteiger partial charge in [-0.3, -0.25) is 9.59 Å². The number of nitriles is 1. The van der Waals surface area contributed by atoms with Gasteiger partial charge in [0, 0.05) is 10.7 Å². The van der Waals surface area contributed by atoms with Crippen molar-refractivity contribution >= 4 is 40.2 Å². The monoisotopic (exact) mass is 350 g/mol. The Balaban J connectivity index is 1.95. The van der Waals surface area contributed by atoms with E-state index in [2.05, 4.69) is 5.32 Å². The number of hydrogen-bond acceptors (Lipinski definition) is 4. The highest BCUT2D eigenvalue weighted by atomic mass is 35.5. The van der Waals surface area contributed by atoms with Gasteiger partial charge in [0.1, 0.15) is 23.5 Å². The third-order valence-electron chi connectivity index (χ3n) is 3.45. The zero-order valence-electron chi connectivity index (χ0n) is 12.8. The van der Waals surface area contributed by atoms with Gasteiger partial charge in [0.25, 0.3) is 5.91 Å². The predicted octanol–water partition coefficient (Wildman–Crippen LogP) is 3.99. The SMILES string of the molecule is N#C/C(=C\c1coc2ccccc2c1=O)C(=O)Nc1cccc(Cl)c1. The molecule has 0 aliphatic rings. The van der Waals surface area contributed by atoms with Crippen LogP contribution in [0.1, 0.15) is 5.56 Å². The second-order valence-electron chi connectivity index (χ2n) is 5.15. The summed E-state index contributed by atoms with van der Waals surface area (Å²) >= 11 is 5.86. The summed E-state index contributed by atoms with van der Waals surface area (Å²) in [5, 5.41) is 12.7. The number of fused-ring (bicyclic) bond motifs is 1. The molecule has 0 unspecified atom stereocenters. The van der Waals surface area contributed by atoms with Crippen molar-refractivity contribution in [3.8, 4) is 6.07 Å². The van der Waals surface area contributed by atoms with Crippen LogP contribution in [-0.4, -0.2) is 5.91 Å². The number of para-hydroxylation sites is 1. The fraction of sp³-hybridized carbons (Fsp3) is 0. The number of halogens is 1. The Morgan fingerprint density at radius 3 is 2.76 bits per heavy atom. The van der Waals surface area contributed by atoms with E-state index in [4.69, 9.17) is 16.0 Å². The first kappa shape index (κ1) is 16.5. The van der Waals surface area contributed by atoms with Gasteiger partial charge in [-0.05, 0) is 36.4 Å². The summed E-state index contributed by atoms with van der Waals surface area (Å²) in [4.78, 5) is 24.7. The molecule has 1 heterocycles. The first-order chi connectivity index (χ1) is 12.1. The van der Waals surface area contributed by atoms with Gasteiger partial charge in [-0.2, -0.15) is 5.26 Å². The van der Waals surface area contributed by atoms with Gasteiger partial charge in [0.05, 0.1) is 10.9 Å². The number of hydrogen-bond donors (Lipinski definition) is 1. The number of carbonyl (C=O) groups excluding carboxylic acids is 1. The van der Waals surface area contributed by atoms with E-state index in [0.717, 1.165) is 0 Å². The van der Waals surface area contributed by atoms with Crippen molar-refractivity contribution in [3.05, 3.63) is 81.2 Å². The number of carbonyl (C=O) groups is 1. The average molecular weight is 351 g/mol. The van der Waals surface area contributed by atoms with E-state index in [0.29, 0.717) is 21.7 Å². The summed E-state index contributed by atoms with van der Waals surface area (Å²) in [6, 6.07) is 15.1. The van der Waals surface area contributed by atoms with Crippen LogP contribution in [0.2, 0.25) is 5.02 Å². The van der Waals surface area contributed by atoms with Crippen LogP contribution in [-0.2, 0) is 4.79 Å². The Bertz CT molecular complexity index is 1090. The first-order valence-corrected chi connectivity index (χ1v) is 7.65. The van der Waals surface area contributed by atoms with Gasteiger partial charge in [-0.15, -0.1) is 0 Å². The van der Waals surface area contributed by atoms with E-state index in [1.54, 1.807) is 54.6 Å². The number of nitrogens with zero attached hydrogens (tertiary/aromatic N) is 1. The summed E-state index contributed by atoms with van der Waals surface area (Å²) < 4.78 is 5.38. The highest BCUT2D eigenvalue weighted by molar-refractivity contribution is 6.31. The molecule has 0 saturated heterocycles. The first-order valence-electron chi connectivity index (χ1n) is 7.28. The molecule has 1 amide bonds. The van der Waals surface area contributed by atoms with Crippen molar-refractivity contribution in [2.24, 2.45) is 0 Å². The maximum Gasteiger partial charge on any atom is 0.266 e. The predicted molar refractivity (Wildman–Crippen MR) is 96.2 cm³/mol. The highest BCUT2D eigenvalue weighted by Crippen LogP contribution is 2.17. The van der Waals surface area contributed by atoms with Crippen LogP contribution >= 0.6 is 11.6 Å². The maximum absolute atomic E-state index is 12.4. The summed E-state index contributed by atoms with van der Waals surface area (Å²) in [5.74, 6) is -0.641. The molecule has 0 aliphatic carbocycles. The molecule has 0 bridgehead atoms. The standard InChI is InChI=1S/C19H11ClN2O3/c20-14-4-3-5-15(9-14)22-19(24)12(10-21)8-13-11-25-17-7-2-1-6-16(17)18(13)23/h1-9,11H,(H,22,24)/b12-8+. The van der Waals surface area contributed by atoms with E-state index >= 15 is 0 Å². The Kier molecular flexibility index (Phi) is 4.64. The minimum Gasteiger partial charge on any atom is -0.463 e. The molecule has 6 heteroatoms. The Labute approximate surface area is 147 Å². The number of anilines is 1. The van der Waals surface area contributed by atoms with Crippen LogP contribution in [0.25, 0.3) is 17.0 Å². The van der Waals surface area contributed by atoms with Gasteiger partial charge in [-0.25, -0.2) is 0 Å².